The average molecular weight is 496 g/mol. The number of rotatable bonds is 11. The minimum absolute atomic E-state index is 0.209. The van der Waals surface area contributed by atoms with E-state index in [9.17, 15) is 24.1 Å². The third kappa shape index (κ3) is 9.36. The Kier molecular flexibility index (Phi) is 11.2. The molecule has 0 aromatic rings. The molecule has 4 atom stereocenters. The molecule has 2 fully saturated rings. The summed E-state index contributed by atoms with van der Waals surface area (Å²) in [5, 5.41) is 10.2. The van der Waals surface area contributed by atoms with Gasteiger partial charge in [0.15, 0.2) is 0 Å². The lowest BCUT2D eigenvalue weighted by molar-refractivity contribution is -0.158. The van der Waals surface area contributed by atoms with E-state index < -0.39 is 37.5 Å². The van der Waals surface area contributed by atoms with E-state index in [2.05, 4.69) is 0 Å². The van der Waals surface area contributed by atoms with Crippen LogP contribution in [0.3, 0.4) is 0 Å². The number of carboxylic acids is 1. The fourth-order valence-electron chi connectivity index (χ4n) is 3.94. The summed E-state index contributed by atoms with van der Waals surface area (Å²) >= 11 is 0. The van der Waals surface area contributed by atoms with Gasteiger partial charge in [-0.1, -0.05) is 40.9 Å². The molecule has 0 spiro atoms. The molecule has 31 heavy (non-hydrogen) atoms. The fraction of sp³-hybridized carbons (Fsp3) is 0.850. The first-order valence-corrected chi connectivity index (χ1v) is 15.3. The van der Waals surface area contributed by atoms with Crippen LogP contribution in [0, 0.1) is 0 Å². The van der Waals surface area contributed by atoms with E-state index in [1.165, 1.54) is 25.2 Å². The average Bonchev–Trinajstić information content (AvgIpc) is 3.05. The molecule has 2 heterocycles. The van der Waals surface area contributed by atoms with Crippen LogP contribution in [0.15, 0.2) is 0 Å². The number of ether oxygens (including phenoxy) is 1. The molecule has 0 aromatic carbocycles. The summed E-state index contributed by atoms with van der Waals surface area (Å²) in [6.07, 6.45) is 5.27. The molecule has 2 rings (SSSR count). The number of nitrogens with zero attached hydrogens (tertiary/aromatic N) is 1. The molecular formula is C20H34NO7PS2. The Morgan fingerprint density at radius 3 is 2.61 bits per heavy atom. The maximum Gasteiger partial charge on any atom is 0.326 e. The highest BCUT2D eigenvalue weighted by atomic mass is 33.1. The summed E-state index contributed by atoms with van der Waals surface area (Å²) in [4.78, 5) is 37.3. The molecule has 1 N–H and O–H groups in total. The molecular weight excluding hydrogens is 461 g/mol. The second-order valence-corrected chi connectivity index (χ2v) is 13.5. The third-order valence-corrected chi connectivity index (χ3v) is 10.8. The summed E-state index contributed by atoms with van der Waals surface area (Å²) in [7, 11) is 0.313. The molecule has 8 nitrogen and oxygen atoms in total. The molecule has 178 valence electrons. The molecule has 0 saturated carbocycles. The number of carboxylic acid groups (broad SMARTS) is 1. The quantitative estimate of drug-likeness (QED) is 0.147. The normalized spacial score (nSPS) is 24.8. The van der Waals surface area contributed by atoms with Crippen molar-refractivity contribution >= 4 is 46.8 Å². The van der Waals surface area contributed by atoms with Gasteiger partial charge in [0.25, 0.3) is 0 Å². The number of hydrogen-bond acceptors (Lipinski definition) is 8. The highest BCUT2D eigenvalue weighted by Gasteiger charge is 2.36. The first kappa shape index (κ1) is 26.6. The van der Waals surface area contributed by atoms with Gasteiger partial charge in [-0.2, -0.15) is 0 Å². The van der Waals surface area contributed by atoms with Crippen molar-refractivity contribution in [3.8, 4) is 0 Å². The van der Waals surface area contributed by atoms with Crippen LogP contribution >= 0.6 is 29.0 Å². The summed E-state index contributed by atoms with van der Waals surface area (Å²) in [6, 6.07) is -0.897. The van der Waals surface area contributed by atoms with Gasteiger partial charge < -0.3 is 14.7 Å². The van der Waals surface area contributed by atoms with Gasteiger partial charge >= 0.3 is 11.9 Å². The number of likely N-dealkylation sites (tertiary alicyclic amines) is 1. The van der Waals surface area contributed by atoms with Crippen LogP contribution in [0.5, 0.6) is 0 Å². The third-order valence-electron chi connectivity index (χ3n) is 5.41. The molecule has 0 aliphatic carbocycles. The maximum atomic E-state index is 13.6. The number of carbonyl (C=O) groups is 3. The van der Waals surface area contributed by atoms with Crippen LogP contribution in [-0.2, 0) is 28.2 Å². The lowest BCUT2D eigenvalue weighted by Gasteiger charge is -2.29. The van der Waals surface area contributed by atoms with Crippen molar-refractivity contribution in [1.82, 2.24) is 4.90 Å². The first-order chi connectivity index (χ1) is 14.7. The number of hydrogen-bond donors (Lipinski definition) is 1. The largest absolute Gasteiger partial charge is 0.480 e. The van der Waals surface area contributed by atoms with E-state index in [-0.39, 0.29) is 12.3 Å². The Hall–Kier alpha value is -0.700. The van der Waals surface area contributed by atoms with Crippen molar-refractivity contribution in [2.75, 3.05) is 24.6 Å². The van der Waals surface area contributed by atoms with Crippen molar-refractivity contribution in [3.63, 3.8) is 0 Å². The van der Waals surface area contributed by atoms with Crippen LogP contribution < -0.4 is 0 Å². The van der Waals surface area contributed by atoms with Gasteiger partial charge in [0.05, 0.1) is 0 Å². The van der Waals surface area contributed by atoms with Crippen molar-refractivity contribution in [2.24, 2.45) is 0 Å². The van der Waals surface area contributed by atoms with E-state index in [4.69, 9.17) is 9.26 Å². The van der Waals surface area contributed by atoms with Crippen LogP contribution in [0.1, 0.15) is 65.2 Å². The Morgan fingerprint density at radius 2 is 1.97 bits per heavy atom. The van der Waals surface area contributed by atoms with Crippen molar-refractivity contribution in [1.29, 1.82) is 0 Å². The van der Waals surface area contributed by atoms with Gasteiger partial charge in [-0.3, -0.25) is 18.7 Å². The molecule has 1 amide bonds. The van der Waals surface area contributed by atoms with Gasteiger partial charge in [0.1, 0.15) is 12.2 Å². The van der Waals surface area contributed by atoms with Crippen LogP contribution in [0.2, 0.25) is 0 Å². The molecule has 4 unspecified atom stereocenters. The number of amides is 1. The summed E-state index contributed by atoms with van der Waals surface area (Å²) < 4.78 is 24.2. The van der Waals surface area contributed by atoms with Gasteiger partial charge in [0.2, 0.25) is 19.6 Å². The van der Waals surface area contributed by atoms with E-state index >= 15 is 0 Å². The Morgan fingerprint density at radius 1 is 1.19 bits per heavy atom. The second-order valence-electron chi connectivity index (χ2n) is 8.09. The highest BCUT2D eigenvalue weighted by Crippen LogP contribution is 2.50. The van der Waals surface area contributed by atoms with E-state index in [0.29, 0.717) is 24.6 Å². The zero-order chi connectivity index (χ0) is 22.9. The van der Waals surface area contributed by atoms with Crippen molar-refractivity contribution < 1.29 is 33.3 Å². The van der Waals surface area contributed by atoms with Gasteiger partial charge in [-0.15, -0.1) is 0 Å². The van der Waals surface area contributed by atoms with E-state index in [0.717, 1.165) is 37.9 Å². The molecule has 2 aliphatic rings. The lowest BCUT2D eigenvalue weighted by atomic mass is 10.1. The van der Waals surface area contributed by atoms with Crippen molar-refractivity contribution in [2.45, 2.75) is 82.8 Å². The van der Waals surface area contributed by atoms with Crippen LogP contribution in [-0.4, -0.2) is 70.1 Å². The van der Waals surface area contributed by atoms with Crippen LogP contribution in [0.25, 0.3) is 0 Å². The molecule has 11 heteroatoms. The highest BCUT2D eigenvalue weighted by molar-refractivity contribution is 8.77. The summed E-state index contributed by atoms with van der Waals surface area (Å²) in [5.74, 6) is -0.896. The van der Waals surface area contributed by atoms with Crippen molar-refractivity contribution in [3.05, 3.63) is 0 Å². The van der Waals surface area contributed by atoms with Gasteiger partial charge in [0, 0.05) is 30.6 Å². The van der Waals surface area contributed by atoms with E-state index in [1.54, 1.807) is 0 Å². The first-order valence-electron chi connectivity index (χ1n) is 10.9. The SMILES string of the molecule is CC(=O)OC(C)OP(=O)(CCCCC1CCSS1)CC(=O)N1CCCCCC1C(=O)O. The van der Waals surface area contributed by atoms with Crippen LogP contribution in [0.4, 0.5) is 0 Å². The smallest absolute Gasteiger partial charge is 0.326 e. The molecule has 2 saturated heterocycles. The second kappa shape index (κ2) is 13.1. The molecule has 0 radical (unpaired) electrons. The summed E-state index contributed by atoms with van der Waals surface area (Å²) in [5.41, 5.74) is 0. The Balaban J connectivity index is 2.02. The van der Waals surface area contributed by atoms with Gasteiger partial charge in [-0.05, 0) is 39.0 Å². The topological polar surface area (TPSA) is 110 Å². The number of esters is 1. The number of unbranched alkanes of at least 4 members (excludes halogenated alkanes) is 1. The molecule has 2 aliphatic heterocycles. The maximum absolute atomic E-state index is 13.6. The minimum Gasteiger partial charge on any atom is -0.480 e. The Labute approximate surface area is 192 Å². The fourth-order valence-corrected chi connectivity index (χ4v) is 9.19. The monoisotopic (exact) mass is 495 g/mol. The number of aliphatic carboxylic acids is 1. The Bertz CT molecular complexity index is 672. The lowest BCUT2D eigenvalue weighted by Crippen LogP contribution is -2.46. The zero-order valence-corrected chi connectivity index (χ0v) is 20.9. The predicted octanol–water partition coefficient (Wildman–Crippen LogP) is 4.37. The zero-order valence-electron chi connectivity index (χ0n) is 18.3. The summed E-state index contributed by atoms with van der Waals surface area (Å²) in [6.45, 7) is 3.06. The molecule has 0 bridgehead atoms. The predicted molar refractivity (Wildman–Crippen MR) is 124 cm³/mol. The number of carbonyl (C=O) groups excluding carboxylic acids is 2. The minimum atomic E-state index is -3.46. The van der Waals surface area contributed by atoms with E-state index in [1.807, 2.05) is 21.6 Å². The van der Waals surface area contributed by atoms with Gasteiger partial charge in [-0.25, -0.2) is 4.79 Å². The molecule has 0 aromatic heterocycles. The standard InChI is InChI=1S/C20H34NO7PS2/c1-15(22)27-16(2)28-29(26,12-7-5-8-17-10-13-30-31-17)14-19(23)21-11-6-3-4-9-18(21)20(24)25/h16-18H,3-14H2,1-2H3,(H,24,25).